The predicted octanol–water partition coefficient (Wildman–Crippen LogP) is 3.19. The van der Waals surface area contributed by atoms with Crippen LogP contribution in [-0.2, 0) is 20.7 Å². The summed E-state index contributed by atoms with van der Waals surface area (Å²) < 4.78 is 5.00. The van der Waals surface area contributed by atoms with Crippen LogP contribution in [0.5, 0.6) is 0 Å². The highest BCUT2D eigenvalue weighted by atomic mass is 32.2. The third-order valence-corrected chi connectivity index (χ3v) is 3.85. The lowest BCUT2D eigenvalue weighted by Gasteiger charge is -2.07. The van der Waals surface area contributed by atoms with Crippen LogP contribution in [0.2, 0.25) is 0 Å². The van der Waals surface area contributed by atoms with Gasteiger partial charge in [0.1, 0.15) is 0 Å². The summed E-state index contributed by atoms with van der Waals surface area (Å²) >= 11 is 1.22. The molecule has 0 heterocycles. The number of esters is 1. The Morgan fingerprint density at radius 2 is 2.05 bits per heavy atom. The van der Waals surface area contributed by atoms with Crippen LogP contribution in [0.4, 0.5) is 0 Å². The summed E-state index contributed by atoms with van der Waals surface area (Å²) in [4.78, 5) is 24.0. The first-order valence-corrected chi connectivity index (χ1v) is 7.07. The molecule has 3 nitrogen and oxygen atoms in total. The van der Waals surface area contributed by atoms with Gasteiger partial charge in [-0.3, -0.25) is 9.59 Å². The third-order valence-electron chi connectivity index (χ3n) is 2.92. The van der Waals surface area contributed by atoms with E-state index in [1.807, 2.05) is 24.3 Å². The van der Waals surface area contributed by atoms with Gasteiger partial charge in [0.15, 0.2) is 5.12 Å². The number of hydrogen-bond acceptors (Lipinski definition) is 4. The van der Waals surface area contributed by atoms with E-state index in [1.54, 1.807) is 13.8 Å². The second kappa shape index (κ2) is 6.06. The number of benzene rings is 1. The van der Waals surface area contributed by atoms with Crippen molar-refractivity contribution in [1.82, 2.24) is 0 Å². The van der Waals surface area contributed by atoms with Gasteiger partial charge in [-0.1, -0.05) is 36.0 Å². The van der Waals surface area contributed by atoms with Crippen molar-refractivity contribution in [1.29, 1.82) is 0 Å². The Labute approximate surface area is 117 Å². The molecule has 0 radical (unpaired) electrons. The molecule has 0 spiro atoms. The zero-order chi connectivity index (χ0) is 13.8. The van der Waals surface area contributed by atoms with E-state index >= 15 is 0 Å². The molecule has 1 aliphatic rings. The summed E-state index contributed by atoms with van der Waals surface area (Å²) in [5.74, 6) is -0.240. The monoisotopic (exact) mass is 276 g/mol. The quantitative estimate of drug-likeness (QED) is 0.792. The Kier molecular flexibility index (Phi) is 4.43. The summed E-state index contributed by atoms with van der Waals surface area (Å²) in [6, 6.07) is 7.96. The molecule has 19 heavy (non-hydrogen) atoms. The van der Waals surface area contributed by atoms with Gasteiger partial charge in [-0.2, -0.15) is 0 Å². The molecule has 1 aromatic rings. The van der Waals surface area contributed by atoms with E-state index in [9.17, 15) is 9.59 Å². The molecule has 0 fully saturated rings. The number of hydrogen-bond donors (Lipinski definition) is 0. The van der Waals surface area contributed by atoms with E-state index in [0.29, 0.717) is 6.61 Å². The van der Waals surface area contributed by atoms with Gasteiger partial charge in [-0.05, 0) is 23.6 Å². The van der Waals surface area contributed by atoms with Gasteiger partial charge >= 0.3 is 5.97 Å². The van der Waals surface area contributed by atoms with Gasteiger partial charge in [-0.15, -0.1) is 0 Å². The minimum Gasteiger partial charge on any atom is -0.466 e. The second-order valence-corrected chi connectivity index (χ2v) is 5.58. The topological polar surface area (TPSA) is 43.4 Å². The van der Waals surface area contributed by atoms with Crippen molar-refractivity contribution in [3.63, 3.8) is 0 Å². The number of carbonyl (C=O) groups is 2. The molecule has 1 aromatic carbocycles. The Morgan fingerprint density at radius 1 is 1.32 bits per heavy atom. The summed E-state index contributed by atoms with van der Waals surface area (Å²) in [6.45, 7) is 3.71. The molecule has 0 amide bonds. The summed E-state index contributed by atoms with van der Waals surface area (Å²) in [5, 5.41) is 0.0455. The molecule has 1 aliphatic carbocycles. The normalized spacial score (nSPS) is 13.4. The fraction of sp³-hybridized carbons (Fsp3) is 0.333. The van der Waals surface area contributed by atoms with Crippen molar-refractivity contribution in [2.45, 2.75) is 26.7 Å². The van der Waals surface area contributed by atoms with Crippen LogP contribution in [0, 0.1) is 0 Å². The molecule has 0 N–H and O–H groups in total. The van der Waals surface area contributed by atoms with Crippen LogP contribution in [0.15, 0.2) is 29.2 Å². The van der Waals surface area contributed by atoms with E-state index < -0.39 is 0 Å². The molecule has 0 unspecified atom stereocenters. The average molecular weight is 276 g/mol. The largest absolute Gasteiger partial charge is 0.466 e. The Balaban J connectivity index is 2.29. The lowest BCUT2D eigenvalue weighted by molar-refractivity contribution is -0.141. The van der Waals surface area contributed by atoms with E-state index in [0.717, 1.165) is 22.5 Å². The fourth-order valence-corrected chi connectivity index (χ4v) is 3.10. The highest BCUT2D eigenvalue weighted by Gasteiger charge is 2.24. The molecule has 100 valence electrons. The van der Waals surface area contributed by atoms with Gasteiger partial charge in [0.25, 0.3) is 0 Å². The number of rotatable bonds is 4. The molecule has 0 atom stereocenters. The second-order valence-electron chi connectivity index (χ2n) is 4.31. The summed E-state index contributed by atoms with van der Waals surface area (Å²) in [5.41, 5.74) is 3.18. The predicted molar refractivity (Wildman–Crippen MR) is 76.6 cm³/mol. The molecule has 4 heteroatoms. The Morgan fingerprint density at radius 3 is 2.74 bits per heavy atom. The maximum atomic E-state index is 11.7. The highest BCUT2D eigenvalue weighted by Crippen LogP contribution is 2.40. The Bertz CT molecular complexity index is 546. The van der Waals surface area contributed by atoms with Crippen molar-refractivity contribution in [2.75, 3.05) is 6.61 Å². The zero-order valence-corrected chi connectivity index (χ0v) is 11.9. The molecule has 0 aromatic heterocycles. The first-order chi connectivity index (χ1) is 9.11. The molecule has 0 aliphatic heterocycles. The van der Waals surface area contributed by atoms with E-state index in [2.05, 4.69) is 0 Å². The minimum absolute atomic E-state index is 0.0455. The lowest BCUT2D eigenvalue weighted by Crippen LogP contribution is -2.05. The molecule has 0 saturated carbocycles. The zero-order valence-electron chi connectivity index (χ0n) is 11.1. The van der Waals surface area contributed by atoms with Gasteiger partial charge < -0.3 is 4.74 Å². The van der Waals surface area contributed by atoms with Crippen molar-refractivity contribution in [2.24, 2.45) is 0 Å². The maximum absolute atomic E-state index is 11.7. The minimum atomic E-state index is -0.240. The SMILES string of the molecule is CCOC(=O)CC1=C(SC(C)=O)Cc2ccccc21. The molecule has 0 bridgehead atoms. The van der Waals surface area contributed by atoms with Crippen molar-refractivity contribution >= 4 is 28.4 Å². The summed E-state index contributed by atoms with van der Waals surface area (Å²) in [6.07, 6.45) is 0.968. The number of allylic oxidation sites excluding steroid dienone is 1. The van der Waals surface area contributed by atoms with E-state index in [-0.39, 0.29) is 17.5 Å². The number of thioether (sulfide) groups is 1. The van der Waals surface area contributed by atoms with Crippen LogP contribution in [0.25, 0.3) is 5.57 Å². The van der Waals surface area contributed by atoms with Crippen LogP contribution in [-0.4, -0.2) is 17.7 Å². The van der Waals surface area contributed by atoms with Gasteiger partial charge in [-0.25, -0.2) is 0 Å². The van der Waals surface area contributed by atoms with Crippen molar-refractivity contribution in [3.8, 4) is 0 Å². The van der Waals surface area contributed by atoms with Crippen molar-refractivity contribution in [3.05, 3.63) is 40.3 Å². The Hall–Kier alpha value is -1.55. The van der Waals surface area contributed by atoms with Crippen molar-refractivity contribution < 1.29 is 14.3 Å². The molecular weight excluding hydrogens is 260 g/mol. The van der Waals surface area contributed by atoms with Crippen LogP contribution >= 0.6 is 11.8 Å². The first kappa shape index (κ1) is 13.9. The number of ether oxygens (including phenoxy) is 1. The van der Waals surface area contributed by atoms with E-state index in [1.165, 1.54) is 17.3 Å². The standard InChI is InChI=1S/C15H16O3S/c1-3-18-15(17)9-13-12-7-5-4-6-11(12)8-14(13)19-10(2)16/h4-7H,3,8-9H2,1-2H3. The van der Waals surface area contributed by atoms with Crippen LogP contribution in [0.3, 0.4) is 0 Å². The number of carbonyl (C=O) groups excluding carboxylic acids is 2. The average Bonchev–Trinajstić information content (AvgIpc) is 2.67. The molecule has 0 saturated heterocycles. The highest BCUT2D eigenvalue weighted by molar-refractivity contribution is 8.17. The van der Waals surface area contributed by atoms with Gasteiger partial charge in [0, 0.05) is 18.2 Å². The van der Waals surface area contributed by atoms with E-state index in [4.69, 9.17) is 4.74 Å². The molecular formula is C15H16O3S. The van der Waals surface area contributed by atoms with Crippen LogP contribution in [0.1, 0.15) is 31.4 Å². The third kappa shape index (κ3) is 3.26. The summed E-state index contributed by atoms with van der Waals surface area (Å²) in [7, 11) is 0. The fourth-order valence-electron chi connectivity index (χ4n) is 2.22. The first-order valence-electron chi connectivity index (χ1n) is 6.26. The van der Waals surface area contributed by atoms with Crippen LogP contribution < -0.4 is 0 Å². The van der Waals surface area contributed by atoms with Gasteiger partial charge in [0.05, 0.1) is 13.0 Å². The van der Waals surface area contributed by atoms with Gasteiger partial charge in [0.2, 0.25) is 0 Å². The maximum Gasteiger partial charge on any atom is 0.310 e. The molecule has 2 rings (SSSR count). The number of fused-ring (bicyclic) bond motifs is 1. The smallest absolute Gasteiger partial charge is 0.310 e. The lowest BCUT2D eigenvalue weighted by atomic mass is 10.0.